The summed E-state index contributed by atoms with van der Waals surface area (Å²) in [4.78, 5) is 38.0. The fourth-order valence-electron chi connectivity index (χ4n) is 2.14. The van der Waals surface area contributed by atoms with Gasteiger partial charge in [0.25, 0.3) is 5.56 Å². The molecule has 1 N–H and O–H groups in total. The van der Waals surface area contributed by atoms with Crippen LogP contribution in [0.4, 0.5) is 0 Å². The molecule has 0 aromatic carbocycles. The van der Waals surface area contributed by atoms with Gasteiger partial charge in [-0.2, -0.15) is 15.0 Å². The summed E-state index contributed by atoms with van der Waals surface area (Å²) in [5.41, 5.74) is -1.04. The van der Waals surface area contributed by atoms with E-state index in [1.807, 2.05) is 0 Å². The minimum absolute atomic E-state index is 0.0958. The highest BCUT2D eigenvalue weighted by atomic mass is 16.5. The van der Waals surface area contributed by atoms with E-state index in [4.69, 9.17) is 9.84 Å². The molecule has 0 spiro atoms. The van der Waals surface area contributed by atoms with Gasteiger partial charge in [0.1, 0.15) is 5.69 Å². The zero-order chi connectivity index (χ0) is 19.5. The van der Waals surface area contributed by atoms with Crippen LogP contribution in [0, 0.1) is 12.3 Å². The molecule has 0 bridgehead atoms. The summed E-state index contributed by atoms with van der Waals surface area (Å²) >= 11 is 0. The van der Waals surface area contributed by atoms with E-state index in [0.717, 1.165) is 4.57 Å². The van der Waals surface area contributed by atoms with Gasteiger partial charge in [-0.1, -0.05) is 0 Å². The van der Waals surface area contributed by atoms with E-state index in [1.165, 1.54) is 21.8 Å². The van der Waals surface area contributed by atoms with Crippen LogP contribution in [0.1, 0.15) is 32.0 Å². The van der Waals surface area contributed by atoms with Gasteiger partial charge >= 0.3 is 11.7 Å². The van der Waals surface area contributed by atoms with Crippen LogP contribution in [0.5, 0.6) is 0 Å². The lowest BCUT2D eigenvalue weighted by Crippen LogP contribution is -2.42. The summed E-state index contributed by atoms with van der Waals surface area (Å²) in [6, 6.07) is 0. The lowest BCUT2D eigenvalue weighted by molar-refractivity contribution is -0.157. The van der Waals surface area contributed by atoms with Gasteiger partial charge in [0.15, 0.2) is 6.73 Å². The normalized spacial score (nSPS) is 11.6. The van der Waals surface area contributed by atoms with Crippen molar-refractivity contribution in [2.75, 3.05) is 6.61 Å². The minimum Gasteiger partial charge on any atom is -0.443 e. The second kappa shape index (κ2) is 7.65. The van der Waals surface area contributed by atoms with E-state index in [-0.39, 0.29) is 19.7 Å². The van der Waals surface area contributed by atoms with Gasteiger partial charge in [-0.3, -0.25) is 14.2 Å². The van der Waals surface area contributed by atoms with Gasteiger partial charge in [0, 0.05) is 11.8 Å². The molecule has 2 aromatic rings. The molecule has 0 radical (unpaired) electrons. The van der Waals surface area contributed by atoms with Gasteiger partial charge in [-0.15, -0.1) is 0 Å². The van der Waals surface area contributed by atoms with E-state index in [1.54, 1.807) is 27.7 Å². The number of aliphatic hydroxyl groups is 1. The molecule has 0 amide bonds. The van der Waals surface area contributed by atoms with Crippen molar-refractivity contribution in [3.05, 3.63) is 44.5 Å². The van der Waals surface area contributed by atoms with Crippen LogP contribution in [0.15, 0.2) is 22.0 Å². The van der Waals surface area contributed by atoms with Crippen molar-refractivity contribution in [3.63, 3.8) is 0 Å². The van der Waals surface area contributed by atoms with E-state index in [0.29, 0.717) is 11.3 Å². The SMILES string of the molecule is Cc1cn(Cc2cnn(CCO)n2)c(=O)n(COC(=O)C(C)(C)C)c1=O. The quantitative estimate of drug-likeness (QED) is 0.685. The Hall–Kier alpha value is -2.75. The van der Waals surface area contributed by atoms with Crippen molar-refractivity contribution in [1.29, 1.82) is 0 Å². The molecular weight excluding hydrogens is 342 g/mol. The number of aromatic nitrogens is 5. The highest BCUT2D eigenvalue weighted by molar-refractivity contribution is 5.75. The Kier molecular flexibility index (Phi) is 5.76. The zero-order valence-electron chi connectivity index (χ0n) is 15.3. The Morgan fingerprint density at radius 2 is 2.00 bits per heavy atom. The molecule has 142 valence electrons. The summed E-state index contributed by atoms with van der Waals surface area (Å²) in [6.07, 6.45) is 2.91. The van der Waals surface area contributed by atoms with Crippen molar-refractivity contribution in [3.8, 4) is 0 Å². The maximum absolute atomic E-state index is 12.6. The molecule has 0 aliphatic heterocycles. The topological polar surface area (TPSA) is 121 Å². The Morgan fingerprint density at radius 1 is 1.31 bits per heavy atom. The molecule has 0 unspecified atom stereocenters. The van der Waals surface area contributed by atoms with Gasteiger partial charge in [-0.25, -0.2) is 9.36 Å². The number of aryl methyl sites for hydroxylation is 1. The summed E-state index contributed by atoms with van der Waals surface area (Å²) in [6.45, 7) is 6.41. The average molecular weight is 365 g/mol. The van der Waals surface area contributed by atoms with Gasteiger partial charge in [0.2, 0.25) is 0 Å². The van der Waals surface area contributed by atoms with Crippen molar-refractivity contribution >= 4 is 5.97 Å². The fraction of sp³-hybridized carbons (Fsp3) is 0.562. The van der Waals surface area contributed by atoms with Crippen LogP contribution in [-0.4, -0.2) is 41.8 Å². The van der Waals surface area contributed by atoms with Gasteiger partial charge in [0.05, 0.1) is 31.3 Å². The fourth-order valence-corrected chi connectivity index (χ4v) is 2.14. The van der Waals surface area contributed by atoms with E-state index < -0.39 is 29.4 Å². The standard InChI is InChI=1S/C16H23N5O5/c1-11-8-19(9-12-7-17-21(18-12)5-6-22)15(25)20(13(11)23)10-26-14(24)16(2,3)4/h7-8,22H,5-6,9-10H2,1-4H3. The highest BCUT2D eigenvalue weighted by Crippen LogP contribution is 2.15. The number of hydrogen-bond donors (Lipinski definition) is 1. The Labute approximate surface area is 149 Å². The molecule has 0 atom stereocenters. The van der Waals surface area contributed by atoms with Crippen LogP contribution >= 0.6 is 0 Å². The monoisotopic (exact) mass is 365 g/mol. The third kappa shape index (κ3) is 4.45. The maximum Gasteiger partial charge on any atom is 0.334 e. The molecule has 2 heterocycles. The molecule has 0 saturated carbocycles. The number of nitrogens with zero attached hydrogens (tertiary/aromatic N) is 5. The second-order valence-electron chi connectivity index (χ2n) is 6.92. The molecule has 0 saturated heterocycles. The van der Waals surface area contributed by atoms with Crippen LogP contribution in [0.3, 0.4) is 0 Å². The van der Waals surface area contributed by atoms with E-state index >= 15 is 0 Å². The lowest BCUT2D eigenvalue weighted by atomic mass is 9.98. The Bertz CT molecular complexity index is 903. The molecule has 2 aromatic heterocycles. The number of aliphatic hydroxyl groups excluding tert-OH is 1. The molecule has 0 fully saturated rings. The first kappa shape index (κ1) is 19.6. The largest absolute Gasteiger partial charge is 0.443 e. The lowest BCUT2D eigenvalue weighted by Gasteiger charge is -2.17. The molecule has 0 aliphatic rings. The Morgan fingerprint density at radius 3 is 2.62 bits per heavy atom. The van der Waals surface area contributed by atoms with Gasteiger partial charge in [-0.05, 0) is 27.7 Å². The van der Waals surface area contributed by atoms with Crippen LogP contribution < -0.4 is 11.2 Å². The van der Waals surface area contributed by atoms with E-state index in [2.05, 4.69) is 10.2 Å². The summed E-state index contributed by atoms with van der Waals surface area (Å²) in [7, 11) is 0. The summed E-state index contributed by atoms with van der Waals surface area (Å²) in [5.74, 6) is -0.510. The van der Waals surface area contributed by atoms with Crippen LogP contribution in [0.25, 0.3) is 0 Å². The predicted octanol–water partition coefficient (Wildman–Crippen LogP) is -0.503. The molecule has 0 aliphatic carbocycles. The predicted molar refractivity (Wildman–Crippen MR) is 91.5 cm³/mol. The first-order valence-electron chi connectivity index (χ1n) is 8.11. The number of ether oxygens (including phenoxy) is 1. The van der Waals surface area contributed by atoms with Crippen molar-refractivity contribution in [1.82, 2.24) is 24.1 Å². The third-order valence-corrected chi connectivity index (χ3v) is 3.56. The molecule has 26 heavy (non-hydrogen) atoms. The smallest absolute Gasteiger partial charge is 0.334 e. The molecule has 10 heteroatoms. The number of esters is 1. The highest BCUT2D eigenvalue weighted by Gasteiger charge is 2.23. The van der Waals surface area contributed by atoms with E-state index in [9.17, 15) is 14.4 Å². The van der Waals surface area contributed by atoms with Gasteiger partial charge < -0.3 is 9.84 Å². The molecule has 2 rings (SSSR count). The third-order valence-electron chi connectivity index (χ3n) is 3.56. The number of carbonyl (C=O) groups excluding carboxylic acids is 1. The van der Waals surface area contributed by atoms with Crippen molar-refractivity contribution in [2.45, 2.75) is 47.5 Å². The number of hydrogen-bond acceptors (Lipinski definition) is 7. The first-order valence-corrected chi connectivity index (χ1v) is 8.11. The number of carbonyl (C=O) groups is 1. The maximum atomic E-state index is 12.6. The Balaban J connectivity index is 2.28. The first-order chi connectivity index (χ1) is 12.1. The molecule has 10 nitrogen and oxygen atoms in total. The minimum atomic E-state index is -0.738. The van der Waals surface area contributed by atoms with Crippen molar-refractivity contribution in [2.24, 2.45) is 5.41 Å². The summed E-state index contributed by atoms with van der Waals surface area (Å²) < 4.78 is 7.27. The van der Waals surface area contributed by atoms with Crippen LogP contribution in [-0.2, 0) is 29.4 Å². The molecular formula is C16H23N5O5. The number of rotatable bonds is 6. The van der Waals surface area contributed by atoms with Crippen LogP contribution in [0.2, 0.25) is 0 Å². The zero-order valence-corrected chi connectivity index (χ0v) is 15.3. The second-order valence-corrected chi connectivity index (χ2v) is 6.92. The summed E-state index contributed by atoms with van der Waals surface area (Å²) in [5, 5.41) is 17.0. The van der Waals surface area contributed by atoms with Crippen molar-refractivity contribution < 1.29 is 14.6 Å². The average Bonchev–Trinajstić information content (AvgIpc) is 2.99.